The number of carbonyl (C=O) groups is 2. The van der Waals surface area contributed by atoms with Crippen molar-refractivity contribution in [3.63, 3.8) is 0 Å². The lowest BCUT2D eigenvalue weighted by atomic mass is 9.76. The van der Waals surface area contributed by atoms with Crippen LogP contribution in [-0.4, -0.2) is 85.3 Å². The van der Waals surface area contributed by atoms with Crippen molar-refractivity contribution in [1.82, 2.24) is 15.1 Å². The van der Waals surface area contributed by atoms with E-state index in [2.05, 4.69) is 86.7 Å². The summed E-state index contributed by atoms with van der Waals surface area (Å²) in [6.45, 7) is 8.31. The number of rotatable bonds is 7. The van der Waals surface area contributed by atoms with Gasteiger partial charge in [0, 0.05) is 99.7 Å². The molecule has 3 fully saturated rings. The van der Waals surface area contributed by atoms with Gasteiger partial charge in [-0.3, -0.25) is 24.8 Å². The summed E-state index contributed by atoms with van der Waals surface area (Å²) in [6.07, 6.45) is 2.68. The summed E-state index contributed by atoms with van der Waals surface area (Å²) in [5.41, 5.74) is 7.01. The Morgan fingerprint density at radius 3 is 2.18 bits per heavy atom. The van der Waals surface area contributed by atoms with Crippen molar-refractivity contribution >= 4 is 23.3 Å². The molecule has 4 aromatic rings. The maximum atomic E-state index is 12.2. The number of anilines is 2. The van der Waals surface area contributed by atoms with E-state index >= 15 is 0 Å². The highest BCUT2D eigenvalue weighted by molar-refractivity contribution is 6.05. The maximum Gasteiger partial charge on any atom is 0.328 e. The molecule has 0 aliphatic carbocycles. The van der Waals surface area contributed by atoms with Crippen molar-refractivity contribution in [3.05, 3.63) is 119 Å². The van der Waals surface area contributed by atoms with E-state index in [1.165, 1.54) is 35.2 Å². The summed E-state index contributed by atoms with van der Waals surface area (Å²) in [5, 5.41) is 12.5. The van der Waals surface area contributed by atoms with Crippen LogP contribution in [0.25, 0.3) is 0 Å². The van der Waals surface area contributed by atoms with Crippen molar-refractivity contribution in [1.29, 1.82) is 0 Å². The van der Waals surface area contributed by atoms with E-state index in [0.717, 1.165) is 62.8 Å². The lowest BCUT2D eigenvalue weighted by Crippen LogP contribution is -2.53. The Morgan fingerprint density at radius 2 is 1.46 bits per heavy atom. The lowest BCUT2D eigenvalue weighted by molar-refractivity contribution is -0.120. The number of ether oxygens (including phenoxy) is 1. The molecule has 4 aliphatic rings. The molecule has 0 radical (unpaired) electrons. The Bertz CT molecular complexity index is 1800. The van der Waals surface area contributed by atoms with E-state index in [0.29, 0.717) is 25.6 Å². The first-order valence-corrected chi connectivity index (χ1v) is 18.0. The van der Waals surface area contributed by atoms with Crippen molar-refractivity contribution in [2.24, 2.45) is 0 Å². The molecule has 0 bridgehead atoms. The summed E-state index contributed by atoms with van der Waals surface area (Å²) in [6, 6.07) is 33.8. The van der Waals surface area contributed by atoms with Crippen LogP contribution in [0, 0.1) is 0 Å². The highest BCUT2D eigenvalue weighted by atomic mass is 16.5. The van der Waals surface area contributed by atoms with Gasteiger partial charge < -0.3 is 14.7 Å². The van der Waals surface area contributed by atoms with E-state index in [1.807, 2.05) is 18.2 Å². The second-order valence-corrected chi connectivity index (χ2v) is 14.1. The molecule has 9 heteroatoms. The van der Waals surface area contributed by atoms with Crippen LogP contribution >= 0.6 is 0 Å². The first-order chi connectivity index (χ1) is 24.5. The average molecular weight is 672 g/mol. The number of imide groups is 1. The number of benzene rings is 4. The zero-order valence-electron chi connectivity index (χ0n) is 28.4. The number of phenols is 1. The molecule has 4 heterocycles. The molecule has 0 spiro atoms. The normalized spacial score (nSPS) is 22.2. The topological polar surface area (TPSA) is 88.6 Å². The SMILES string of the molecule is O=C1CCN(c2ccc(CN3CCN(C4CCN(c5ccc(C6c7ccc(O)cc7OCC6c6ccccc6)cc5)CC4)CC3)cc2)C(=O)N1. The summed E-state index contributed by atoms with van der Waals surface area (Å²) < 4.78 is 6.17. The number of carbonyl (C=O) groups excluding carboxylic acids is 2. The number of phenolic OH excluding ortho intramolecular Hbond substituents is 1. The molecule has 50 heavy (non-hydrogen) atoms. The van der Waals surface area contributed by atoms with Gasteiger partial charge >= 0.3 is 6.03 Å². The zero-order chi connectivity index (χ0) is 34.0. The molecule has 4 aromatic carbocycles. The van der Waals surface area contributed by atoms with Gasteiger partial charge in [-0.25, -0.2) is 4.79 Å². The molecular weight excluding hydrogens is 626 g/mol. The van der Waals surface area contributed by atoms with Crippen LogP contribution in [-0.2, 0) is 11.3 Å². The smallest absolute Gasteiger partial charge is 0.328 e. The molecule has 2 unspecified atom stereocenters. The minimum Gasteiger partial charge on any atom is -0.508 e. The third-order valence-corrected chi connectivity index (χ3v) is 11.1. The number of fused-ring (bicyclic) bond motifs is 1. The number of piperazine rings is 1. The Morgan fingerprint density at radius 1 is 0.740 bits per heavy atom. The van der Waals surface area contributed by atoms with Crippen LogP contribution in [0.3, 0.4) is 0 Å². The molecule has 9 nitrogen and oxygen atoms in total. The third kappa shape index (κ3) is 6.80. The van der Waals surface area contributed by atoms with Crippen molar-refractivity contribution in [3.8, 4) is 11.5 Å². The van der Waals surface area contributed by atoms with Crippen LogP contribution in [0.4, 0.5) is 16.2 Å². The lowest BCUT2D eigenvalue weighted by Gasteiger charge is -2.43. The van der Waals surface area contributed by atoms with Gasteiger partial charge in [0.15, 0.2) is 0 Å². The fourth-order valence-electron chi connectivity index (χ4n) is 8.32. The van der Waals surface area contributed by atoms with E-state index in [1.54, 1.807) is 17.0 Å². The Labute approximate surface area is 294 Å². The van der Waals surface area contributed by atoms with Crippen molar-refractivity contribution in [2.75, 3.05) is 62.2 Å². The Balaban J connectivity index is 0.846. The number of piperidine rings is 1. The standard InChI is InChI=1S/C41H45N5O4/c47-35-14-15-36-38(26-35)50-28-37(30-4-2-1-3-5-30)40(36)31-8-12-32(13-9-31)44-19-16-33(17-20-44)45-24-22-43(23-25-45)27-29-6-10-34(11-7-29)46-21-18-39(48)42-41(46)49/h1-15,26,33,37,40,47H,16-25,27-28H2,(H,42,48,49). The largest absolute Gasteiger partial charge is 0.508 e. The van der Waals surface area contributed by atoms with Crippen LogP contribution in [0.1, 0.15) is 53.4 Å². The fraction of sp³-hybridized carbons (Fsp3) is 0.366. The molecule has 2 N–H and O–H groups in total. The number of urea groups is 1. The molecule has 4 aliphatic heterocycles. The fourth-order valence-corrected chi connectivity index (χ4v) is 8.32. The summed E-state index contributed by atoms with van der Waals surface area (Å²) in [5.74, 6) is 1.13. The molecule has 0 aromatic heterocycles. The number of aromatic hydroxyl groups is 1. The molecule has 8 rings (SSSR count). The average Bonchev–Trinajstić information content (AvgIpc) is 3.16. The van der Waals surface area contributed by atoms with Crippen LogP contribution in [0.2, 0.25) is 0 Å². The van der Waals surface area contributed by atoms with Gasteiger partial charge in [-0.2, -0.15) is 0 Å². The maximum absolute atomic E-state index is 12.2. The van der Waals surface area contributed by atoms with E-state index in [4.69, 9.17) is 4.74 Å². The van der Waals surface area contributed by atoms with Crippen molar-refractivity contribution < 1.29 is 19.4 Å². The summed E-state index contributed by atoms with van der Waals surface area (Å²) in [4.78, 5) is 33.1. The van der Waals surface area contributed by atoms with Gasteiger partial charge in [0.05, 0.1) is 6.61 Å². The second-order valence-electron chi connectivity index (χ2n) is 14.1. The number of amides is 3. The van der Waals surface area contributed by atoms with Crippen molar-refractivity contribution in [2.45, 2.75) is 43.7 Å². The predicted octanol–water partition coefficient (Wildman–Crippen LogP) is 5.93. The zero-order valence-corrected chi connectivity index (χ0v) is 28.4. The van der Waals surface area contributed by atoms with E-state index < -0.39 is 0 Å². The van der Waals surface area contributed by atoms with E-state index in [-0.39, 0.29) is 29.5 Å². The monoisotopic (exact) mass is 671 g/mol. The summed E-state index contributed by atoms with van der Waals surface area (Å²) in [7, 11) is 0. The van der Waals surface area contributed by atoms with E-state index in [9.17, 15) is 14.7 Å². The van der Waals surface area contributed by atoms with Gasteiger partial charge in [-0.1, -0.05) is 60.7 Å². The number of nitrogens with one attached hydrogen (secondary N) is 1. The minimum absolute atomic E-state index is 0.149. The molecule has 258 valence electrons. The summed E-state index contributed by atoms with van der Waals surface area (Å²) >= 11 is 0. The van der Waals surface area contributed by atoms with Gasteiger partial charge in [0.25, 0.3) is 0 Å². The van der Waals surface area contributed by atoms with Gasteiger partial charge in [0.2, 0.25) is 5.91 Å². The number of hydrogen-bond donors (Lipinski definition) is 2. The van der Waals surface area contributed by atoms with Crippen LogP contribution < -0.4 is 19.9 Å². The molecule has 2 atom stereocenters. The Kier molecular flexibility index (Phi) is 9.17. The van der Waals surface area contributed by atoms with Crippen LogP contribution in [0.5, 0.6) is 11.5 Å². The molecule has 3 amide bonds. The van der Waals surface area contributed by atoms with Gasteiger partial charge in [0.1, 0.15) is 11.5 Å². The third-order valence-electron chi connectivity index (χ3n) is 11.1. The molecule has 0 saturated carbocycles. The minimum atomic E-state index is -0.341. The second kappa shape index (κ2) is 14.2. The molecular formula is C41H45N5O4. The first kappa shape index (κ1) is 32.4. The predicted molar refractivity (Wildman–Crippen MR) is 195 cm³/mol. The van der Waals surface area contributed by atoms with Gasteiger partial charge in [-0.15, -0.1) is 0 Å². The number of nitrogens with zero attached hydrogens (tertiary/aromatic N) is 4. The van der Waals surface area contributed by atoms with Crippen LogP contribution in [0.15, 0.2) is 97.1 Å². The first-order valence-electron chi connectivity index (χ1n) is 18.0. The Hall–Kier alpha value is -4.86. The van der Waals surface area contributed by atoms with Gasteiger partial charge in [-0.05, 0) is 59.9 Å². The highest BCUT2D eigenvalue weighted by Gasteiger charge is 2.34. The number of hydrogen-bond acceptors (Lipinski definition) is 7. The quantitative estimate of drug-likeness (QED) is 0.252. The highest BCUT2D eigenvalue weighted by Crippen LogP contribution is 2.47. The molecule has 3 saturated heterocycles.